The van der Waals surface area contributed by atoms with E-state index in [2.05, 4.69) is 5.32 Å². The summed E-state index contributed by atoms with van der Waals surface area (Å²) in [5, 5.41) is 13.2. The number of nitrogens with one attached hydrogen (secondary N) is 1. The molecule has 21 heavy (non-hydrogen) atoms. The number of nitrogens with two attached hydrogens (primary N) is 1. The first-order chi connectivity index (χ1) is 10.00. The summed E-state index contributed by atoms with van der Waals surface area (Å²) in [4.78, 5) is 22.0. The number of nitro benzene ring substituents is 1. The van der Waals surface area contributed by atoms with Gasteiger partial charge in [0.05, 0.1) is 18.1 Å². The van der Waals surface area contributed by atoms with Gasteiger partial charge in [0.15, 0.2) is 6.29 Å². The Morgan fingerprint density at radius 1 is 1.33 bits per heavy atom. The topological polar surface area (TPSA) is 117 Å². The molecule has 0 saturated carbocycles. The first-order valence-corrected chi connectivity index (χ1v) is 7.10. The molecule has 0 unspecified atom stereocenters. The molecule has 0 radical (unpaired) electrons. The van der Waals surface area contributed by atoms with E-state index < -0.39 is 21.5 Å². The first kappa shape index (κ1) is 14.3. The third-order valence-corrected chi connectivity index (χ3v) is 4.60. The number of rotatable bonds is 2. The van der Waals surface area contributed by atoms with Gasteiger partial charge in [-0.1, -0.05) is 11.8 Å². The van der Waals surface area contributed by atoms with Crippen molar-refractivity contribution in [3.63, 3.8) is 0 Å². The van der Waals surface area contributed by atoms with Crippen LogP contribution in [0.4, 0.5) is 5.69 Å². The van der Waals surface area contributed by atoms with Gasteiger partial charge < -0.3 is 20.5 Å². The second-order valence-corrected chi connectivity index (χ2v) is 6.33. The molecular formula is C12H13N3O5S. The second-order valence-electron chi connectivity index (χ2n) is 4.81. The number of carbonyl (C=O) groups excluding carboxylic acids is 1. The summed E-state index contributed by atoms with van der Waals surface area (Å²) in [6, 6.07) is 5.93. The Hall–Kier alpha value is -1.68. The predicted molar refractivity (Wildman–Crippen MR) is 74.2 cm³/mol. The zero-order valence-corrected chi connectivity index (χ0v) is 11.7. The minimum atomic E-state index is -0.809. The summed E-state index contributed by atoms with van der Waals surface area (Å²) in [5.74, 6) is -0.192. The van der Waals surface area contributed by atoms with E-state index in [4.69, 9.17) is 15.2 Å². The molecule has 2 saturated heterocycles. The Balaban J connectivity index is 1.68. The Bertz CT molecular complexity index is 571. The van der Waals surface area contributed by atoms with Gasteiger partial charge in [0.25, 0.3) is 5.69 Å². The molecule has 0 bridgehead atoms. The lowest BCUT2D eigenvalue weighted by atomic mass is 10.1. The SMILES string of the molecule is N[C@@H]1NC(=O)C2(COC(c3ccc([N+](=O)[O-])cc3)OC2)S1. The van der Waals surface area contributed by atoms with Crippen molar-refractivity contribution in [3.8, 4) is 0 Å². The van der Waals surface area contributed by atoms with E-state index in [9.17, 15) is 14.9 Å². The number of non-ortho nitro benzene ring substituents is 1. The highest BCUT2D eigenvalue weighted by Gasteiger charge is 2.50. The van der Waals surface area contributed by atoms with Gasteiger partial charge in [-0.15, -0.1) is 0 Å². The van der Waals surface area contributed by atoms with Gasteiger partial charge in [-0.2, -0.15) is 0 Å². The lowest BCUT2D eigenvalue weighted by molar-refractivity contribution is -0.384. The number of ether oxygens (including phenoxy) is 2. The van der Waals surface area contributed by atoms with Crippen molar-refractivity contribution >= 4 is 23.4 Å². The van der Waals surface area contributed by atoms with Crippen molar-refractivity contribution in [2.24, 2.45) is 5.73 Å². The third kappa shape index (κ3) is 2.60. The second kappa shape index (κ2) is 5.26. The molecule has 2 fully saturated rings. The number of nitro groups is 1. The average Bonchev–Trinajstić information content (AvgIpc) is 2.74. The Labute approximate surface area is 124 Å². The van der Waals surface area contributed by atoms with Crippen LogP contribution in [0.25, 0.3) is 0 Å². The number of thioether (sulfide) groups is 1. The molecule has 2 heterocycles. The molecule has 1 spiro atoms. The largest absolute Gasteiger partial charge is 0.346 e. The summed E-state index contributed by atoms with van der Waals surface area (Å²) in [7, 11) is 0. The molecule has 3 rings (SSSR count). The number of benzene rings is 1. The van der Waals surface area contributed by atoms with Crippen LogP contribution in [-0.2, 0) is 14.3 Å². The molecule has 9 heteroatoms. The summed E-state index contributed by atoms with van der Waals surface area (Å²) < 4.78 is 10.4. The van der Waals surface area contributed by atoms with Crippen LogP contribution in [0.1, 0.15) is 11.9 Å². The fourth-order valence-electron chi connectivity index (χ4n) is 2.24. The maximum Gasteiger partial charge on any atom is 0.269 e. The van der Waals surface area contributed by atoms with Crippen molar-refractivity contribution in [1.29, 1.82) is 0 Å². The van der Waals surface area contributed by atoms with E-state index in [1.165, 1.54) is 23.9 Å². The van der Waals surface area contributed by atoms with Crippen LogP contribution in [0.15, 0.2) is 24.3 Å². The maximum atomic E-state index is 11.9. The van der Waals surface area contributed by atoms with Gasteiger partial charge in [-0.25, -0.2) is 0 Å². The molecule has 1 amide bonds. The molecule has 1 aromatic rings. The number of amides is 1. The Morgan fingerprint density at radius 3 is 2.43 bits per heavy atom. The van der Waals surface area contributed by atoms with Gasteiger partial charge in [-0.05, 0) is 12.1 Å². The molecule has 0 aliphatic carbocycles. The monoisotopic (exact) mass is 311 g/mol. The number of nitrogens with zero attached hydrogens (tertiary/aromatic N) is 1. The first-order valence-electron chi connectivity index (χ1n) is 6.22. The standard InChI is InChI=1S/C12H13N3O5S/c13-11-14-10(16)12(21-11)5-19-9(20-6-12)7-1-3-8(4-2-7)15(17)18/h1-4,9,11H,5-6,13H2,(H,14,16)/t9?,11-,12?/m1/s1. The lowest BCUT2D eigenvalue weighted by Gasteiger charge is -2.34. The van der Waals surface area contributed by atoms with E-state index in [-0.39, 0.29) is 24.8 Å². The average molecular weight is 311 g/mol. The van der Waals surface area contributed by atoms with E-state index >= 15 is 0 Å². The Morgan fingerprint density at radius 2 is 1.95 bits per heavy atom. The van der Waals surface area contributed by atoms with Crippen LogP contribution in [0.5, 0.6) is 0 Å². The van der Waals surface area contributed by atoms with Gasteiger partial charge in [0.1, 0.15) is 10.2 Å². The summed E-state index contributed by atoms with van der Waals surface area (Å²) in [5.41, 5.74) is 5.89. The highest BCUT2D eigenvalue weighted by atomic mass is 32.2. The molecule has 8 nitrogen and oxygen atoms in total. The quantitative estimate of drug-likeness (QED) is 0.602. The van der Waals surface area contributed by atoms with E-state index in [0.29, 0.717) is 5.56 Å². The smallest absolute Gasteiger partial charge is 0.269 e. The zero-order chi connectivity index (χ0) is 15.0. The summed E-state index contributed by atoms with van der Waals surface area (Å²) in [6.07, 6.45) is -0.637. The van der Waals surface area contributed by atoms with Gasteiger partial charge in [0, 0.05) is 17.7 Å². The number of hydrogen-bond donors (Lipinski definition) is 2. The highest BCUT2D eigenvalue weighted by molar-refractivity contribution is 8.02. The Kier molecular flexibility index (Phi) is 3.57. The summed E-state index contributed by atoms with van der Waals surface area (Å²) in [6.45, 7) is 0.359. The van der Waals surface area contributed by atoms with Crippen molar-refractivity contribution < 1.29 is 19.2 Å². The fourth-order valence-corrected chi connectivity index (χ4v) is 3.33. The molecule has 1 aromatic carbocycles. The van der Waals surface area contributed by atoms with Crippen molar-refractivity contribution in [1.82, 2.24) is 5.32 Å². The van der Waals surface area contributed by atoms with Crippen LogP contribution in [-0.4, -0.2) is 34.3 Å². The lowest BCUT2D eigenvalue weighted by Crippen LogP contribution is -2.48. The molecular weight excluding hydrogens is 298 g/mol. The zero-order valence-electron chi connectivity index (χ0n) is 10.9. The highest BCUT2D eigenvalue weighted by Crippen LogP contribution is 2.39. The van der Waals surface area contributed by atoms with Gasteiger partial charge in [0.2, 0.25) is 5.91 Å². The van der Waals surface area contributed by atoms with Crippen LogP contribution in [0.3, 0.4) is 0 Å². The van der Waals surface area contributed by atoms with E-state index in [1.807, 2.05) is 0 Å². The minimum Gasteiger partial charge on any atom is -0.346 e. The van der Waals surface area contributed by atoms with Gasteiger partial charge >= 0.3 is 0 Å². The molecule has 112 valence electrons. The molecule has 1 atom stereocenters. The molecule has 0 aromatic heterocycles. The molecule has 2 aliphatic rings. The van der Waals surface area contributed by atoms with Gasteiger partial charge in [-0.3, -0.25) is 14.9 Å². The van der Waals surface area contributed by atoms with Crippen LogP contribution >= 0.6 is 11.8 Å². The van der Waals surface area contributed by atoms with Crippen LogP contribution < -0.4 is 11.1 Å². The maximum absolute atomic E-state index is 11.9. The van der Waals surface area contributed by atoms with Crippen molar-refractivity contribution in [3.05, 3.63) is 39.9 Å². The van der Waals surface area contributed by atoms with E-state index in [1.54, 1.807) is 12.1 Å². The molecule has 3 N–H and O–H groups in total. The van der Waals surface area contributed by atoms with Crippen LogP contribution in [0.2, 0.25) is 0 Å². The predicted octanol–water partition coefficient (Wildman–Crippen LogP) is 0.484. The van der Waals surface area contributed by atoms with Crippen molar-refractivity contribution in [2.45, 2.75) is 16.5 Å². The fraction of sp³-hybridized carbons (Fsp3) is 0.417. The number of carbonyl (C=O) groups is 1. The number of hydrogen-bond acceptors (Lipinski definition) is 7. The van der Waals surface area contributed by atoms with Crippen LogP contribution in [0, 0.1) is 10.1 Å². The normalized spacial score (nSPS) is 32.1. The minimum absolute atomic E-state index is 0.00253. The summed E-state index contributed by atoms with van der Waals surface area (Å²) >= 11 is 1.28. The molecule has 2 aliphatic heterocycles. The van der Waals surface area contributed by atoms with E-state index in [0.717, 1.165) is 0 Å². The van der Waals surface area contributed by atoms with Crippen molar-refractivity contribution in [2.75, 3.05) is 13.2 Å². The third-order valence-electron chi connectivity index (χ3n) is 3.35.